The van der Waals surface area contributed by atoms with Crippen molar-refractivity contribution >= 4 is 5.91 Å². The molecule has 0 aromatic carbocycles. The predicted molar refractivity (Wildman–Crippen MR) is 77.3 cm³/mol. The van der Waals surface area contributed by atoms with E-state index in [2.05, 4.69) is 29.0 Å². The number of nitrogens with two attached hydrogens (primary N) is 1. The number of likely N-dealkylation sites (tertiary alicyclic amines) is 1. The molecule has 1 amide bonds. The predicted octanol–water partition coefficient (Wildman–Crippen LogP) is 1.35. The smallest absolute Gasteiger partial charge is 0.293 e. The van der Waals surface area contributed by atoms with Crippen LogP contribution in [0.5, 0.6) is 0 Å². The van der Waals surface area contributed by atoms with Crippen LogP contribution in [0, 0.1) is 5.92 Å². The van der Waals surface area contributed by atoms with Crippen LogP contribution in [0.1, 0.15) is 56.0 Å². The van der Waals surface area contributed by atoms with Crippen LogP contribution in [0.25, 0.3) is 0 Å². The minimum atomic E-state index is -0.0893. The molecule has 0 spiro atoms. The van der Waals surface area contributed by atoms with Gasteiger partial charge in [0.15, 0.2) is 0 Å². The van der Waals surface area contributed by atoms with E-state index in [0.29, 0.717) is 12.5 Å². The topological polar surface area (TPSA) is 87.9 Å². The molecule has 1 aromatic rings. The molecule has 0 bridgehead atoms. The zero-order valence-corrected chi connectivity index (χ0v) is 12.4. The molecular weight excluding hydrogens is 254 g/mol. The molecule has 112 valence electrons. The molecular formula is C14H25N5O. The Bertz CT molecular complexity index is 445. The number of aromatic nitrogens is 3. The van der Waals surface area contributed by atoms with Gasteiger partial charge in [-0.05, 0) is 25.2 Å². The van der Waals surface area contributed by atoms with Crippen molar-refractivity contribution in [3.8, 4) is 0 Å². The van der Waals surface area contributed by atoms with E-state index in [0.717, 1.165) is 44.5 Å². The van der Waals surface area contributed by atoms with Gasteiger partial charge in [0, 0.05) is 25.6 Å². The van der Waals surface area contributed by atoms with E-state index in [9.17, 15) is 4.79 Å². The van der Waals surface area contributed by atoms with Crippen LogP contribution < -0.4 is 5.73 Å². The van der Waals surface area contributed by atoms with Gasteiger partial charge in [-0.25, -0.2) is 4.98 Å². The number of aromatic amines is 1. The summed E-state index contributed by atoms with van der Waals surface area (Å²) in [7, 11) is 0. The number of amides is 1. The zero-order chi connectivity index (χ0) is 14.5. The van der Waals surface area contributed by atoms with Gasteiger partial charge in [-0.15, -0.1) is 5.10 Å². The maximum atomic E-state index is 12.5. The second-order valence-electron chi connectivity index (χ2n) is 5.54. The summed E-state index contributed by atoms with van der Waals surface area (Å²) in [5, 5.41) is 6.89. The average Bonchev–Trinajstić information content (AvgIpc) is 2.94. The molecule has 1 aliphatic rings. The van der Waals surface area contributed by atoms with Crippen molar-refractivity contribution in [3.05, 3.63) is 11.6 Å². The first-order valence-electron chi connectivity index (χ1n) is 7.61. The molecule has 2 atom stereocenters. The molecule has 6 nitrogen and oxygen atoms in total. The van der Waals surface area contributed by atoms with E-state index in [1.165, 1.54) is 0 Å². The summed E-state index contributed by atoms with van der Waals surface area (Å²) in [6.07, 6.45) is 4.99. The van der Waals surface area contributed by atoms with Crippen molar-refractivity contribution in [1.82, 2.24) is 20.1 Å². The van der Waals surface area contributed by atoms with Gasteiger partial charge < -0.3 is 10.6 Å². The Morgan fingerprint density at radius 2 is 2.30 bits per heavy atom. The van der Waals surface area contributed by atoms with Crippen molar-refractivity contribution in [2.45, 2.75) is 52.0 Å². The maximum absolute atomic E-state index is 12.5. The van der Waals surface area contributed by atoms with Crippen molar-refractivity contribution in [3.63, 3.8) is 0 Å². The molecule has 2 rings (SSSR count). The van der Waals surface area contributed by atoms with E-state index >= 15 is 0 Å². The molecule has 2 heterocycles. The van der Waals surface area contributed by atoms with Gasteiger partial charge in [0.1, 0.15) is 5.82 Å². The van der Waals surface area contributed by atoms with Gasteiger partial charge in [0.2, 0.25) is 5.82 Å². The third-order valence-corrected chi connectivity index (χ3v) is 4.14. The number of piperidine rings is 1. The minimum Gasteiger partial charge on any atom is -0.332 e. The molecule has 3 N–H and O–H groups in total. The largest absolute Gasteiger partial charge is 0.332 e. The lowest BCUT2D eigenvalue weighted by Gasteiger charge is -2.38. The molecule has 1 saturated heterocycles. The third kappa shape index (κ3) is 3.17. The highest BCUT2D eigenvalue weighted by molar-refractivity contribution is 5.90. The Morgan fingerprint density at radius 3 is 2.95 bits per heavy atom. The number of aryl methyl sites for hydroxylation is 1. The number of carbonyl (C=O) groups excluding carboxylic acids is 1. The second-order valence-corrected chi connectivity index (χ2v) is 5.54. The summed E-state index contributed by atoms with van der Waals surface area (Å²) in [4.78, 5) is 18.6. The number of nitrogens with zero attached hydrogens (tertiary/aromatic N) is 3. The standard InChI is InChI=1S/C14H25N5O/c1-3-5-12-16-13(18-17-12)14(20)19-7-6-10(4-2)8-11(19)9-15/h10-11H,3-9,15H2,1-2H3,(H,16,17,18). The van der Waals surface area contributed by atoms with Gasteiger partial charge >= 0.3 is 0 Å². The molecule has 20 heavy (non-hydrogen) atoms. The van der Waals surface area contributed by atoms with E-state index in [4.69, 9.17) is 5.73 Å². The molecule has 1 aliphatic heterocycles. The summed E-state index contributed by atoms with van der Waals surface area (Å²) in [6, 6.07) is 0.120. The fraction of sp³-hybridized carbons (Fsp3) is 0.786. The second kappa shape index (κ2) is 6.83. The summed E-state index contributed by atoms with van der Waals surface area (Å²) in [5.41, 5.74) is 5.84. The highest BCUT2D eigenvalue weighted by atomic mass is 16.2. The first-order valence-corrected chi connectivity index (χ1v) is 7.61. The fourth-order valence-corrected chi connectivity index (χ4v) is 2.86. The van der Waals surface area contributed by atoms with Crippen LogP contribution in [-0.4, -0.2) is 45.1 Å². The van der Waals surface area contributed by atoms with Crippen LogP contribution in [0.2, 0.25) is 0 Å². The maximum Gasteiger partial charge on any atom is 0.293 e. The quantitative estimate of drug-likeness (QED) is 0.851. The number of rotatable bonds is 5. The first-order chi connectivity index (χ1) is 9.69. The van der Waals surface area contributed by atoms with Crippen LogP contribution in [0.3, 0.4) is 0 Å². The van der Waals surface area contributed by atoms with Crippen molar-refractivity contribution in [1.29, 1.82) is 0 Å². The summed E-state index contributed by atoms with van der Waals surface area (Å²) >= 11 is 0. The van der Waals surface area contributed by atoms with Gasteiger partial charge in [-0.2, -0.15) is 0 Å². The van der Waals surface area contributed by atoms with Gasteiger partial charge in [-0.1, -0.05) is 20.3 Å². The minimum absolute atomic E-state index is 0.0893. The Kier molecular flexibility index (Phi) is 5.11. The van der Waals surface area contributed by atoms with Crippen molar-refractivity contribution in [2.75, 3.05) is 13.1 Å². The summed E-state index contributed by atoms with van der Waals surface area (Å²) in [5.74, 6) is 1.65. The molecule has 6 heteroatoms. The SMILES string of the molecule is CCCc1nc(C(=O)N2CCC(CC)CC2CN)n[nH]1. The lowest BCUT2D eigenvalue weighted by molar-refractivity contribution is 0.0546. The molecule has 2 unspecified atom stereocenters. The number of H-pyrrole nitrogens is 1. The molecule has 0 saturated carbocycles. The first kappa shape index (κ1) is 15.0. The molecule has 0 aliphatic carbocycles. The van der Waals surface area contributed by atoms with Gasteiger partial charge in [0.25, 0.3) is 5.91 Å². The van der Waals surface area contributed by atoms with Crippen molar-refractivity contribution in [2.24, 2.45) is 11.7 Å². The highest BCUT2D eigenvalue weighted by Gasteiger charge is 2.32. The molecule has 1 fully saturated rings. The van der Waals surface area contributed by atoms with Crippen LogP contribution >= 0.6 is 0 Å². The van der Waals surface area contributed by atoms with Crippen LogP contribution in [0.4, 0.5) is 0 Å². The normalized spacial score (nSPS) is 23.1. The number of hydrogen-bond donors (Lipinski definition) is 2. The lowest BCUT2D eigenvalue weighted by atomic mass is 9.89. The van der Waals surface area contributed by atoms with Crippen molar-refractivity contribution < 1.29 is 4.79 Å². The Morgan fingerprint density at radius 1 is 1.50 bits per heavy atom. The highest BCUT2D eigenvalue weighted by Crippen LogP contribution is 2.25. The van der Waals surface area contributed by atoms with Gasteiger partial charge in [0.05, 0.1) is 0 Å². The fourth-order valence-electron chi connectivity index (χ4n) is 2.86. The Hall–Kier alpha value is -1.43. The van der Waals surface area contributed by atoms with E-state index in [1.54, 1.807) is 0 Å². The molecule has 0 radical (unpaired) electrons. The summed E-state index contributed by atoms with van der Waals surface area (Å²) in [6.45, 7) is 5.54. The third-order valence-electron chi connectivity index (χ3n) is 4.14. The van der Waals surface area contributed by atoms with E-state index in [-0.39, 0.29) is 17.8 Å². The summed E-state index contributed by atoms with van der Waals surface area (Å²) < 4.78 is 0. The lowest BCUT2D eigenvalue weighted by Crippen LogP contribution is -2.49. The Labute approximate surface area is 120 Å². The van der Waals surface area contributed by atoms with Crippen LogP contribution in [0.15, 0.2) is 0 Å². The van der Waals surface area contributed by atoms with Gasteiger partial charge in [-0.3, -0.25) is 9.89 Å². The number of hydrogen-bond acceptors (Lipinski definition) is 4. The number of nitrogens with one attached hydrogen (secondary N) is 1. The van der Waals surface area contributed by atoms with E-state index < -0.39 is 0 Å². The monoisotopic (exact) mass is 279 g/mol. The van der Waals surface area contributed by atoms with Crippen LogP contribution in [-0.2, 0) is 6.42 Å². The Balaban J connectivity index is 2.06. The number of carbonyl (C=O) groups is 1. The molecule has 1 aromatic heterocycles. The van der Waals surface area contributed by atoms with E-state index in [1.807, 2.05) is 4.90 Å². The zero-order valence-electron chi connectivity index (χ0n) is 12.4. The average molecular weight is 279 g/mol.